The summed E-state index contributed by atoms with van der Waals surface area (Å²) >= 11 is 3.48. The molecule has 0 fully saturated rings. The van der Waals surface area contributed by atoms with Crippen molar-refractivity contribution >= 4 is 38.7 Å². The van der Waals surface area contributed by atoms with Crippen LogP contribution in [0.1, 0.15) is 41.6 Å². The zero-order chi connectivity index (χ0) is 20.7. The van der Waals surface area contributed by atoms with E-state index in [4.69, 9.17) is 0 Å². The Balaban J connectivity index is 1.70. The van der Waals surface area contributed by atoms with Crippen LogP contribution in [0.3, 0.4) is 0 Å². The molecular weight excluding hydrogens is 432 g/mol. The molecule has 3 aromatic heterocycles. The van der Waals surface area contributed by atoms with Gasteiger partial charge in [-0.3, -0.25) is 4.79 Å². The van der Waals surface area contributed by atoms with E-state index in [0.29, 0.717) is 17.1 Å². The van der Waals surface area contributed by atoms with Gasteiger partial charge >= 0.3 is 0 Å². The topological polar surface area (TPSA) is 77.6 Å². The van der Waals surface area contributed by atoms with Crippen LogP contribution in [0, 0.1) is 13.8 Å². The summed E-state index contributed by atoms with van der Waals surface area (Å²) in [5.41, 5.74) is 3.61. The molecule has 0 atom stereocenters. The van der Waals surface area contributed by atoms with Gasteiger partial charge in [-0.15, -0.1) is 0 Å². The van der Waals surface area contributed by atoms with E-state index in [1.165, 1.54) is 0 Å². The highest BCUT2D eigenvalue weighted by molar-refractivity contribution is 9.10. The highest BCUT2D eigenvalue weighted by atomic mass is 79.9. The first-order valence-electron chi connectivity index (χ1n) is 9.32. The zero-order valence-electron chi connectivity index (χ0n) is 16.6. The summed E-state index contributed by atoms with van der Waals surface area (Å²) in [6, 6.07) is 11.6. The summed E-state index contributed by atoms with van der Waals surface area (Å²) in [5, 5.41) is 12.7. The standard InChI is InChI=1S/C21H21BrN6O/c1-12(2)27-20-15(11-23-27)9-18(14(4)24-20)21(29)25-19-8-13(3)26-28(19)17-7-5-6-16(22)10-17/h5-12H,1-4H3,(H,25,29). The molecule has 4 aromatic rings. The van der Waals surface area contributed by atoms with Crippen molar-refractivity contribution in [2.75, 3.05) is 5.32 Å². The Morgan fingerprint density at radius 2 is 1.97 bits per heavy atom. The van der Waals surface area contributed by atoms with E-state index in [1.54, 1.807) is 10.9 Å². The maximum atomic E-state index is 13.1. The van der Waals surface area contributed by atoms with Crippen LogP contribution < -0.4 is 5.32 Å². The number of anilines is 1. The molecule has 0 unspecified atom stereocenters. The second kappa shape index (κ2) is 7.44. The highest BCUT2D eigenvalue weighted by Gasteiger charge is 2.18. The van der Waals surface area contributed by atoms with Gasteiger partial charge in [0, 0.05) is 22.0 Å². The van der Waals surface area contributed by atoms with Crippen molar-refractivity contribution in [3.63, 3.8) is 0 Å². The smallest absolute Gasteiger partial charge is 0.258 e. The van der Waals surface area contributed by atoms with Crippen molar-refractivity contribution in [1.29, 1.82) is 0 Å². The SMILES string of the molecule is Cc1cc(NC(=O)c2cc3cnn(C(C)C)c3nc2C)n(-c2cccc(Br)c2)n1. The average molecular weight is 453 g/mol. The predicted molar refractivity (Wildman–Crippen MR) is 117 cm³/mol. The Morgan fingerprint density at radius 3 is 2.69 bits per heavy atom. The molecule has 3 heterocycles. The van der Waals surface area contributed by atoms with Gasteiger partial charge in [-0.05, 0) is 52.0 Å². The maximum Gasteiger partial charge on any atom is 0.258 e. The molecule has 0 aliphatic carbocycles. The van der Waals surface area contributed by atoms with Gasteiger partial charge in [0.1, 0.15) is 5.82 Å². The number of carbonyl (C=O) groups is 1. The monoisotopic (exact) mass is 452 g/mol. The molecule has 7 nitrogen and oxygen atoms in total. The van der Waals surface area contributed by atoms with Gasteiger partial charge in [-0.1, -0.05) is 22.0 Å². The first-order valence-corrected chi connectivity index (χ1v) is 10.1. The molecule has 0 bridgehead atoms. The number of rotatable bonds is 4. The minimum atomic E-state index is -0.231. The van der Waals surface area contributed by atoms with Crippen LogP contribution in [0.5, 0.6) is 0 Å². The fraction of sp³-hybridized carbons (Fsp3) is 0.238. The van der Waals surface area contributed by atoms with Crippen LogP contribution in [0.15, 0.2) is 47.1 Å². The van der Waals surface area contributed by atoms with Crippen molar-refractivity contribution in [2.24, 2.45) is 0 Å². The highest BCUT2D eigenvalue weighted by Crippen LogP contribution is 2.23. The maximum absolute atomic E-state index is 13.1. The minimum Gasteiger partial charge on any atom is -0.306 e. The molecule has 1 amide bonds. The Kier molecular flexibility index (Phi) is 4.96. The van der Waals surface area contributed by atoms with Gasteiger partial charge in [0.15, 0.2) is 5.65 Å². The quantitative estimate of drug-likeness (QED) is 0.480. The predicted octanol–water partition coefficient (Wildman–Crippen LogP) is 4.83. The van der Waals surface area contributed by atoms with Crippen LogP contribution in [-0.4, -0.2) is 30.5 Å². The van der Waals surface area contributed by atoms with Crippen LogP contribution in [0.4, 0.5) is 5.82 Å². The number of amides is 1. The molecule has 0 aliphatic rings. The third-order valence-corrected chi connectivity index (χ3v) is 5.11. The van der Waals surface area contributed by atoms with Crippen molar-refractivity contribution in [3.8, 4) is 5.69 Å². The number of carbonyl (C=O) groups excluding carboxylic acids is 1. The number of pyridine rings is 1. The minimum absolute atomic E-state index is 0.196. The summed E-state index contributed by atoms with van der Waals surface area (Å²) in [6.07, 6.45) is 1.74. The lowest BCUT2D eigenvalue weighted by Crippen LogP contribution is -2.17. The molecule has 0 saturated carbocycles. The van der Waals surface area contributed by atoms with Crippen molar-refractivity contribution in [3.05, 3.63) is 64.0 Å². The van der Waals surface area contributed by atoms with E-state index >= 15 is 0 Å². The summed E-state index contributed by atoms with van der Waals surface area (Å²) in [7, 11) is 0. The molecule has 4 rings (SSSR count). The first-order chi connectivity index (χ1) is 13.8. The molecule has 0 spiro atoms. The van der Waals surface area contributed by atoms with Gasteiger partial charge in [-0.25, -0.2) is 14.3 Å². The van der Waals surface area contributed by atoms with Crippen molar-refractivity contribution in [2.45, 2.75) is 33.7 Å². The van der Waals surface area contributed by atoms with Crippen LogP contribution >= 0.6 is 15.9 Å². The lowest BCUT2D eigenvalue weighted by Gasteiger charge is -2.11. The van der Waals surface area contributed by atoms with Crippen molar-refractivity contribution in [1.82, 2.24) is 24.5 Å². The molecular formula is C21H21BrN6O. The largest absolute Gasteiger partial charge is 0.306 e. The molecule has 1 N–H and O–H groups in total. The summed E-state index contributed by atoms with van der Waals surface area (Å²) in [5.74, 6) is 0.369. The van der Waals surface area contributed by atoms with Gasteiger partial charge in [-0.2, -0.15) is 10.2 Å². The third kappa shape index (κ3) is 3.67. The number of fused-ring (bicyclic) bond motifs is 1. The molecule has 0 radical (unpaired) electrons. The normalized spacial score (nSPS) is 11.4. The molecule has 29 heavy (non-hydrogen) atoms. The van der Waals surface area contributed by atoms with Crippen LogP contribution in [0.2, 0.25) is 0 Å². The molecule has 0 saturated heterocycles. The van der Waals surface area contributed by atoms with Gasteiger partial charge < -0.3 is 5.32 Å². The Morgan fingerprint density at radius 1 is 1.17 bits per heavy atom. The Hall–Kier alpha value is -3.00. The lowest BCUT2D eigenvalue weighted by molar-refractivity contribution is 0.102. The van der Waals surface area contributed by atoms with E-state index in [9.17, 15) is 4.79 Å². The number of benzene rings is 1. The van der Waals surface area contributed by atoms with E-state index in [-0.39, 0.29) is 11.9 Å². The fourth-order valence-electron chi connectivity index (χ4n) is 3.25. The number of nitrogens with zero attached hydrogens (tertiary/aromatic N) is 5. The van der Waals surface area contributed by atoms with Gasteiger partial charge in [0.05, 0.1) is 28.8 Å². The van der Waals surface area contributed by atoms with E-state index in [0.717, 1.165) is 26.9 Å². The van der Waals surface area contributed by atoms with E-state index in [1.807, 2.05) is 54.9 Å². The van der Waals surface area contributed by atoms with Gasteiger partial charge in [0.2, 0.25) is 0 Å². The van der Waals surface area contributed by atoms with Gasteiger partial charge in [0.25, 0.3) is 5.91 Å². The van der Waals surface area contributed by atoms with Crippen LogP contribution in [-0.2, 0) is 0 Å². The second-order valence-electron chi connectivity index (χ2n) is 7.23. The molecule has 0 aliphatic heterocycles. The summed E-state index contributed by atoms with van der Waals surface area (Å²) in [4.78, 5) is 17.7. The molecule has 8 heteroatoms. The van der Waals surface area contributed by atoms with Crippen molar-refractivity contribution < 1.29 is 4.79 Å². The zero-order valence-corrected chi connectivity index (χ0v) is 18.2. The Labute approximate surface area is 176 Å². The van der Waals surface area contributed by atoms with Crippen LogP contribution in [0.25, 0.3) is 16.7 Å². The lowest BCUT2D eigenvalue weighted by atomic mass is 10.1. The molecule has 148 valence electrons. The number of hydrogen-bond acceptors (Lipinski definition) is 4. The van der Waals surface area contributed by atoms with E-state index in [2.05, 4.69) is 50.3 Å². The summed E-state index contributed by atoms with van der Waals surface area (Å²) in [6.45, 7) is 7.83. The number of nitrogens with one attached hydrogen (secondary N) is 1. The number of aryl methyl sites for hydroxylation is 2. The average Bonchev–Trinajstić information content (AvgIpc) is 3.23. The number of hydrogen-bond donors (Lipinski definition) is 1. The van der Waals surface area contributed by atoms with E-state index < -0.39 is 0 Å². The number of aromatic nitrogens is 5. The summed E-state index contributed by atoms with van der Waals surface area (Å²) < 4.78 is 4.51. The fourth-order valence-corrected chi connectivity index (χ4v) is 3.64. The Bertz CT molecular complexity index is 1220. The third-order valence-electron chi connectivity index (χ3n) is 4.62. The molecule has 1 aromatic carbocycles. The second-order valence-corrected chi connectivity index (χ2v) is 8.15. The first kappa shape index (κ1) is 19.3. The number of halogens is 1.